The van der Waals surface area contributed by atoms with E-state index in [0.29, 0.717) is 0 Å². The van der Waals surface area contributed by atoms with E-state index in [1.54, 1.807) is 0 Å². The smallest absolute Gasteiger partial charge is 0.126 e. The Bertz CT molecular complexity index is 590. The number of rotatable bonds is 7. The lowest BCUT2D eigenvalue weighted by Crippen LogP contribution is -2.35. The largest absolute Gasteiger partial charge is 0.233 e. The summed E-state index contributed by atoms with van der Waals surface area (Å²) in [4.78, 5) is 11.5. The van der Waals surface area contributed by atoms with Crippen molar-refractivity contribution in [3.8, 4) is 0 Å². The lowest BCUT2D eigenvalue weighted by Gasteiger charge is -2.37. The molecular weight excluding hydrogens is 284 g/mol. The van der Waals surface area contributed by atoms with Gasteiger partial charge in [-0.2, -0.15) is 0 Å². The second-order valence-electron chi connectivity index (χ2n) is 7.25. The van der Waals surface area contributed by atoms with Gasteiger partial charge in [0.05, 0.1) is 6.10 Å². The van der Waals surface area contributed by atoms with E-state index in [2.05, 4.69) is 57.2 Å². The fourth-order valence-corrected chi connectivity index (χ4v) is 3.01. The Hall–Kier alpha value is -1.64. The van der Waals surface area contributed by atoms with E-state index >= 15 is 0 Å². The van der Waals surface area contributed by atoms with Crippen molar-refractivity contribution in [3.05, 3.63) is 71.8 Å². The molecule has 0 aliphatic heterocycles. The normalized spacial score (nSPS) is 14.7. The Morgan fingerprint density at radius 2 is 1.26 bits per heavy atom. The quantitative estimate of drug-likeness (QED) is 0.487. The Labute approximate surface area is 140 Å². The molecule has 0 bridgehead atoms. The highest BCUT2D eigenvalue weighted by Crippen LogP contribution is 2.40. The average Bonchev–Trinajstić information content (AvgIpc) is 2.54. The van der Waals surface area contributed by atoms with Crippen molar-refractivity contribution < 1.29 is 9.78 Å². The second-order valence-corrected chi connectivity index (χ2v) is 7.25. The van der Waals surface area contributed by atoms with E-state index in [4.69, 9.17) is 9.78 Å². The predicted octanol–water partition coefficient (Wildman–Crippen LogP) is 5.63. The molecule has 0 spiro atoms. The first-order valence-electron chi connectivity index (χ1n) is 8.29. The van der Waals surface area contributed by atoms with Crippen LogP contribution in [0.4, 0.5) is 0 Å². The molecule has 1 atom stereocenters. The number of benzene rings is 2. The molecule has 0 saturated heterocycles. The third-order valence-corrected chi connectivity index (χ3v) is 4.14. The van der Waals surface area contributed by atoms with Gasteiger partial charge in [-0.05, 0) is 43.7 Å². The van der Waals surface area contributed by atoms with E-state index in [1.807, 2.05) is 38.1 Å². The van der Waals surface area contributed by atoms with Crippen LogP contribution < -0.4 is 0 Å². The SMILES string of the molecule is CC(C)OOC(C)(CC(C)(C)c1ccccc1)c1ccccc1. The molecule has 2 heteroatoms. The maximum atomic E-state index is 5.93. The molecule has 0 radical (unpaired) electrons. The molecule has 0 saturated carbocycles. The zero-order valence-electron chi connectivity index (χ0n) is 14.9. The van der Waals surface area contributed by atoms with Crippen molar-refractivity contribution in [2.45, 2.75) is 58.2 Å². The first kappa shape index (κ1) is 17.7. The highest BCUT2D eigenvalue weighted by atomic mass is 17.2. The van der Waals surface area contributed by atoms with Crippen molar-refractivity contribution in [2.24, 2.45) is 0 Å². The van der Waals surface area contributed by atoms with E-state index in [1.165, 1.54) is 5.56 Å². The van der Waals surface area contributed by atoms with E-state index in [0.717, 1.165) is 12.0 Å². The minimum atomic E-state index is -0.509. The zero-order valence-corrected chi connectivity index (χ0v) is 14.9. The van der Waals surface area contributed by atoms with Crippen LogP contribution in [-0.4, -0.2) is 6.10 Å². The zero-order chi connectivity index (χ0) is 16.9. The number of hydrogen-bond donors (Lipinski definition) is 0. The second kappa shape index (κ2) is 7.29. The third-order valence-electron chi connectivity index (χ3n) is 4.14. The van der Waals surface area contributed by atoms with Gasteiger partial charge in [0.15, 0.2) is 0 Å². The lowest BCUT2D eigenvalue weighted by atomic mass is 9.74. The molecule has 124 valence electrons. The predicted molar refractivity (Wildman–Crippen MR) is 95.2 cm³/mol. The monoisotopic (exact) mass is 312 g/mol. The lowest BCUT2D eigenvalue weighted by molar-refractivity contribution is -0.384. The van der Waals surface area contributed by atoms with Gasteiger partial charge in [-0.15, -0.1) is 0 Å². The molecule has 0 aliphatic rings. The van der Waals surface area contributed by atoms with Crippen molar-refractivity contribution in [2.75, 3.05) is 0 Å². The van der Waals surface area contributed by atoms with Crippen LogP contribution in [0, 0.1) is 0 Å². The summed E-state index contributed by atoms with van der Waals surface area (Å²) in [7, 11) is 0. The molecule has 0 amide bonds. The summed E-state index contributed by atoms with van der Waals surface area (Å²) in [6.45, 7) is 10.6. The van der Waals surface area contributed by atoms with Crippen LogP contribution in [0.25, 0.3) is 0 Å². The van der Waals surface area contributed by atoms with Crippen molar-refractivity contribution in [3.63, 3.8) is 0 Å². The van der Waals surface area contributed by atoms with Gasteiger partial charge in [0, 0.05) is 0 Å². The van der Waals surface area contributed by atoms with Crippen LogP contribution in [0.2, 0.25) is 0 Å². The van der Waals surface area contributed by atoms with Gasteiger partial charge in [-0.1, -0.05) is 74.5 Å². The summed E-state index contributed by atoms with van der Waals surface area (Å²) in [6.07, 6.45) is 0.846. The highest BCUT2D eigenvalue weighted by molar-refractivity contribution is 5.28. The molecule has 0 aromatic heterocycles. The topological polar surface area (TPSA) is 18.5 Å². The molecule has 0 heterocycles. The molecule has 0 aliphatic carbocycles. The summed E-state index contributed by atoms with van der Waals surface area (Å²) in [5, 5.41) is 0. The van der Waals surface area contributed by atoms with Crippen LogP contribution in [0.5, 0.6) is 0 Å². The van der Waals surface area contributed by atoms with Crippen molar-refractivity contribution in [1.29, 1.82) is 0 Å². The molecule has 23 heavy (non-hydrogen) atoms. The Morgan fingerprint density at radius 1 is 0.783 bits per heavy atom. The maximum absolute atomic E-state index is 5.93. The Kier molecular flexibility index (Phi) is 5.61. The molecule has 2 nitrogen and oxygen atoms in total. The van der Waals surface area contributed by atoms with Crippen molar-refractivity contribution >= 4 is 0 Å². The number of hydrogen-bond acceptors (Lipinski definition) is 2. The first-order valence-corrected chi connectivity index (χ1v) is 8.29. The molecule has 2 aromatic carbocycles. The Morgan fingerprint density at radius 3 is 1.74 bits per heavy atom. The van der Waals surface area contributed by atoms with Crippen LogP contribution >= 0.6 is 0 Å². The highest BCUT2D eigenvalue weighted by Gasteiger charge is 2.37. The fourth-order valence-electron chi connectivity index (χ4n) is 3.01. The molecule has 1 unspecified atom stereocenters. The van der Waals surface area contributed by atoms with Crippen LogP contribution in [0.1, 0.15) is 52.2 Å². The van der Waals surface area contributed by atoms with Gasteiger partial charge in [-0.3, -0.25) is 0 Å². The fraction of sp³-hybridized carbons (Fsp3) is 0.429. The van der Waals surface area contributed by atoms with E-state index in [-0.39, 0.29) is 11.5 Å². The molecule has 2 aromatic rings. The molecular formula is C21H28O2. The van der Waals surface area contributed by atoms with Gasteiger partial charge >= 0.3 is 0 Å². The van der Waals surface area contributed by atoms with Crippen LogP contribution in [0.15, 0.2) is 60.7 Å². The van der Waals surface area contributed by atoms with Gasteiger partial charge < -0.3 is 0 Å². The van der Waals surface area contributed by atoms with E-state index in [9.17, 15) is 0 Å². The minimum Gasteiger partial charge on any atom is -0.233 e. The first-order chi connectivity index (χ1) is 10.8. The van der Waals surface area contributed by atoms with Crippen molar-refractivity contribution in [1.82, 2.24) is 0 Å². The summed E-state index contributed by atoms with van der Waals surface area (Å²) in [6, 6.07) is 20.9. The summed E-state index contributed by atoms with van der Waals surface area (Å²) in [5.74, 6) is 0. The van der Waals surface area contributed by atoms with Gasteiger partial charge in [0.1, 0.15) is 5.60 Å². The summed E-state index contributed by atoms with van der Waals surface area (Å²) in [5.41, 5.74) is 1.89. The van der Waals surface area contributed by atoms with Crippen LogP contribution in [0.3, 0.4) is 0 Å². The molecule has 2 rings (SSSR count). The third kappa shape index (κ3) is 4.66. The van der Waals surface area contributed by atoms with E-state index < -0.39 is 5.60 Å². The maximum Gasteiger partial charge on any atom is 0.126 e. The molecule has 0 fully saturated rings. The van der Waals surface area contributed by atoms with Gasteiger partial charge in [0.25, 0.3) is 0 Å². The summed E-state index contributed by atoms with van der Waals surface area (Å²) < 4.78 is 0. The van der Waals surface area contributed by atoms with Gasteiger partial charge in [0.2, 0.25) is 0 Å². The minimum absolute atomic E-state index is 0.0258. The van der Waals surface area contributed by atoms with Crippen LogP contribution in [-0.2, 0) is 20.8 Å². The standard InChI is InChI=1S/C21H28O2/c1-17(2)22-23-21(5,19-14-10-7-11-15-19)16-20(3,4)18-12-8-6-9-13-18/h6-15,17H,16H2,1-5H3. The Balaban J connectivity index is 2.31. The van der Waals surface area contributed by atoms with Gasteiger partial charge in [-0.25, -0.2) is 9.78 Å². The summed E-state index contributed by atoms with van der Waals surface area (Å²) >= 11 is 0. The molecule has 0 N–H and O–H groups in total. The average molecular weight is 312 g/mol.